The fourth-order valence-corrected chi connectivity index (χ4v) is 2.49. The minimum atomic E-state index is -1.19. The van der Waals surface area contributed by atoms with Crippen LogP contribution in [0.5, 0.6) is 0 Å². The number of rotatable bonds is 4. The van der Waals surface area contributed by atoms with Crippen molar-refractivity contribution < 1.29 is 14.7 Å². The zero-order valence-corrected chi connectivity index (χ0v) is 13.5. The maximum atomic E-state index is 12.3. The van der Waals surface area contributed by atoms with Gasteiger partial charge in [-0.15, -0.1) is 0 Å². The number of carbonyl (C=O) groups excluding carboxylic acids is 1. The van der Waals surface area contributed by atoms with Crippen LogP contribution in [0, 0.1) is 11.3 Å². The Bertz CT molecular complexity index is 1020. The minimum absolute atomic E-state index is 0.0847. The van der Waals surface area contributed by atoms with E-state index in [1.165, 1.54) is 10.6 Å². The number of carboxylic acid groups (broad SMARTS) is 1. The summed E-state index contributed by atoms with van der Waals surface area (Å²) >= 11 is 0. The Morgan fingerprint density at radius 2 is 1.69 bits per heavy atom. The van der Waals surface area contributed by atoms with Crippen LogP contribution in [-0.4, -0.2) is 29.4 Å². The number of hydrogen-bond acceptors (Lipinski definition) is 3. The van der Waals surface area contributed by atoms with Gasteiger partial charge in [0, 0.05) is 17.4 Å². The summed E-state index contributed by atoms with van der Waals surface area (Å²) in [7, 11) is 5.60. The summed E-state index contributed by atoms with van der Waals surface area (Å²) in [5, 5.41) is 21.0. The summed E-state index contributed by atoms with van der Waals surface area (Å²) in [5.41, 5.74) is 2.01. The molecule has 2 aromatic carbocycles. The summed E-state index contributed by atoms with van der Waals surface area (Å²) in [6.07, 6.45) is 1.55. The van der Waals surface area contributed by atoms with E-state index in [9.17, 15) is 14.7 Å². The Kier molecular flexibility index (Phi) is 4.58. The second-order valence-corrected chi connectivity index (χ2v) is 5.49. The van der Waals surface area contributed by atoms with Crippen LogP contribution < -0.4 is 10.8 Å². The first-order valence-electron chi connectivity index (χ1n) is 7.61. The Labute approximate surface area is 150 Å². The van der Waals surface area contributed by atoms with E-state index in [1.807, 2.05) is 6.07 Å². The lowest BCUT2D eigenvalue weighted by Crippen LogP contribution is -2.16. The van der Waals surface area contributed by atoms with Crippen LogP contribution in [0.15, 0.2) is 60.8 Å². The van der Waals surface area contributed by atoms with Crippen molar-refractivity contribution in [3.05, 3.63) is 77.6 Å². The van der Waals surface area contributed by atoms with E-state index in [0.717, 1.165) is 0 Å². The molecule has 0 aliphatic carbocycles. The predicted molar refractivity (Wildman–Crippen MR) is 97.2 cm³/mol. The number of aromatic carboxylic acids is 1. The highest BCUT2D eigenvalue weighted by Gasteiger charge is 2.19. The van der Waals surface area contributed by atoms with Gasteiger partial charge in [-0.2, -0.15) is 5.26 Å². The molecule has 26 heavy (non-hydrogen) atoms. The number of aromatic nitrogens is 1. The number of hydrogen-bond donors (Lipinski definition) is 2. The Morgan fingerprint density at radius 3 is 2.27 bits per heavy atom. The largest absolute Gasteiger partial charge is 0.476 e. The van der Waals surface area contributed by atoms with Gasteiger partial charge in [0.1, 0.15) is 7.85 Å². The van der Waals surface area contributed by atoms with Gasteiger partial charge < -0.3 is 15.0 Å². The Morgan fingerprint density at radius 1 is 1.04 bits per heavy atom. The van der Waals surface area contributed by atoms with Crippen molar-refractivity contribution in [1.82, 2.24) is 4.57 Å². The maximum Gasteiger partial charge on any atom is 0.355 e. The van der Waals surface area contributed by atoms with E-state index in [-0.39, 0.29) is 11.4 Å². The molecule has 0 fully saturated rings. The molecule has 0 unspecified atom stereocenters. The first-order valence-corrected chi connectivity index (χ1v) is 7.61. The van der Waals surface area contributed by atoms with E-state index < -0.39 is 11.9 Å². The van der Waals surface area contributed by atoms with Gasteiger partial charge in [0.25, 0.3) is 5.91 Å². The highest BCUT2D eigenvalue weighted by atomic mass is 16.4. The van der Waals surface area contributed by atoms with Crippen molar-refractivity contribution >= 4 is 30.9 Å². The number of nitriles is 1. The summed E-state index contributed by atoms with van der Waals surface area (Å²) in [6.45, 7) is 0. The van der Waals surface area contributed by atoms with Crippen molar-refractivity contribution in [2.24, 2.45) is 0 Å². The summed E-state index contributed by atoms with van der Waals surface area (Å²) < 4.78 is 1.43. The van der Waals surface area contributed by atoms with E-state index in [0.29, 0.717) is 22.3 Å². The van der Waals surface area contributed by atoms with Gasteiger partial charge in [0.05, 0.1) is 17.3 Å². The quantitative estimate of drug-likeness (QED) is 0.711. The number of carboxylic acids is 1. The summed E-state index contributed by atoms with van der Waals surface area (Å²) in [6, 6.07) is 16.3. The fraction of sp³-hybridized carbons (Fsp3) is 0. The van der Waals surface area contributed by atoms with Crippen molar-refractivity contribution in [1.29, 1.82) is 5.26 Å². The molecule has 6 nitrogen and oxygen atoms in total. The SMILES string of the molecule is [B]c1ccc(C(=O)Nc2ccn(-c3ccc(C#N)cc3)c2C(=O)O)cc1. The molecule has 3 rings (SSSR count). The summed E-state index contributed by atoms with van der Waals surface area (Å²) in [5.74, 6) is -1.63. The molecule has 1 heterocycles. The van der Waals surface area contributed by atoms with E-state index in [4.69, 9.17) is 13.1 Å². The standard InChI is InChI=1S/C19H12BN3O3/c20-14-5-3-13(4-6-14)18(24)22-16-9-10-23(17(16)19(25)26)15-7-1-12(11-21)2-8-15/h1-10H,(H,22,24)(H,25,26). The first-order chi connectivity index (χ1) is 12.5. The lowest BCUT2D eigenvalue weighted by molar-refractivity contribution is 0.0689. The van der Waals surface area contributed by atoms with E-state index in [2.05, 4.69) is 5.32 Å². The molecular weight excluding hydrogens is 329 g/mol. The van der Waals surface area contributed by atoms with Gasteiger partial charge >= 0.3 is 5.97 Å². The zero-order valence-electron chi connectivity index (χ0n) is 13.5. The highest BCUT2D eigenvalue weighted by Crippen LogP contribution is 2.23. The summed E-state index contributed by atoms with van der Waals surface area (Å²) in [4.78, 5) is 24.1. The van der Waals surface area contributed by atoms with Gasteiger partial charge in [-0.05, 0) is 30.3 Å². The predicted octanol–water partition coefficient (Wildman–Crippen LogP) is 2.09. The highest BCUT2D eigenvalue weighted by molar-refractivity contribution is 6.32. The topological polar surface area (TPSA) is 95.1 Å². The lowest BCUT2D eigenvalue weighted by Gasteiger charge is -2.09. The average Bonchev–Trinajstić information content (AvgIpc) is 3.06. The number of benzene rings is 2. The second-order valence-electron chi connectivity index (χ2n) is 5.49. The van der Waals surface area contributed by atoms with Crippen LogP contribution in [0.25, 0.3) is 5.69 Å². The molecule has 0 aliphatic heterocycles. The molecular formula is C19H12BN3O3. The molecule has 2 radical (unpaired) electrons. The smallest absolute Gasteiger partial charge is 0.355 e. The third-order valence-electron chi connectivity index (χ3n) is 3.78. The Hall–Kier alpha value is -3.79. The third kappa shape index (κ3) is 3.35. The second kappa shape index (κ2) is 6.99. The monoisotopic (exact) mass is 341 g/mol. The zero-order chi connectivity index (χ0) is 18.7. The van der Waals surface area contributed by atoms with Crippen molar-refractivity contribution in [3.8, 4) is 11.8 Å². The van der Waals surface area contributed by atoms with Crippen LogP contribution in [0.2, 0.25) is 0 Å². The number of anilines is 1. The Balaban J connectivity index is 1.94. The number of amides is 1. The average molecular weight is 341 g/mol. The molecule has 0 atom stereocenters. The van der Waals surface area contributed by atoms with E-state index >= 15 is 0 Å². The van der Waals surface area contributed by atoms with Gasteiger partial charge in [-0.3, -0.25) is 4.79 Å². The molecule has 0 spiro atoms. The fourth-order valence-electron chi connectivity index (χ4n) is 2.49. The molecule has 0 aliphatic rings. The lowest BCUT2D eigenvalue weighted by atomic mass is 9.95. The van der Waals surface area contributed by atoms with Gasteiger partial charge in [-0.1, -0.05) is 29.7 Å². The molecule has 1 amide bonds. The van der Waals surface area contributed by atoms with Crippen LogP contribution >= 0.6 is 0 Å². The normalized spacial score (nSPS) is 10.1. The molecule has 3 aromatic rings. The van der Waals surface area contributed by atoms with Crippen LogP contribution in [-0.2, 0) is 0 Å². The molecule has 0 bridgehead atoms. The molecule has 1 aromatic heterocycles. The molecule has 0 saturated heterocycles. The first kappa shape index (κ1) is 17.1. The molecule has 2 N–H and O–H groups in total. The third-order valence-corrected chi connectivity index (χ3v) is 3.78. The van der Waals surface area contributed by atoms with Crippen molar-refractivity contribution in [2.45, 2.75) is 0 Å². The van der Waals surface area contributed by atoms with Crippen molar-refractivity contribution in [2.75, 3.05) is 5.32 Å². The molecule has 124 valence electrons. The van der Waals surface area contributed by atoms with Gasteiger partial charge in [-0.25, -0.2) is 4.79 Å². The van der Waals surface area contributed by atoms with Crippen LogP contribution in [0.4, 0.5) is 5.69 Å². The number of nitrogens with zero attached hydrogens (tertiary/aromatic N) is 2. The van der Waals surface area contributed by atoms with Gasteiger partial charge in [0.15, 0.2) is 5.69 Å². The number of carbonyl (C=O) groups is 2. The van der Waals surface area contributed by atoms with Crippen LogP contribution in [0.3, 0.4) is 0 Å². The van der Waals surface area contributed by atoms with E-state index in [1.54, 1.807) is 54.7 Å². The minimum Gasteiger partial charge on any atom is -0.476 e. The molecule has 7 heteroatoms. The van der Waals surface area contributed by atoms with Crippen LogP contribution in [0.1, 0.15) is 26.4 Å². The molecule has 0 saturated carbocycles. The maximum absolute atomic E-state index is 12.3. The van der Waals surface area contributed by atoms with Crippen molar-refractivity contribution in [3.63, 3.8) is 0 Å². The van der Waals surface area contributed by atoms with Gasteiger partial charge in [0.2, 0.25) is 0 Å². The number of nitrogens with one attached hydrogen (secondary N) is 1.